The number of ether oxygens (including phenoxy) is 9. The number of carbonyl (C=O) groups is 11. The van der Waals surface area contributed by atoms with Gasteiger partial charge in [-0.25, -0.2) is 0 Å². The highest BCUT2D eigenvalue weighted by Crippen LogP contribution is 2.33. The fourth-order valence-electron chi connectivity index (χ4n) is 14.2. The SMILES string of the molecule is CC(=O)NC1C(OCCCCC(=O)NCCCNC(=O)CCOCC(COCCC(=O)NCCCNC(=O)CCCCOC2OC(CO)C(O)C(O)C2NC(C)=O)(COCCC(=O)NCCCNC(=O)CCCCOC2OC(CO)C(O)C(O)C2NC(C)=O)NC(=O)CCCCCCCCC(=O)N2CC(P)C[C@H]2CCC(C)(C)C)OC(CO)C(O)C1O. The summed E-state index contributed by atoms with van der Waals surface area (Å²) in [6, 6.07) is -3.04. The summed E-state index contributed by atoms with van der Waals surface area (Å²) in [5.41, 5.74) is -0.863. The molecule has 4 aliphatic heterocycles. The summed E-state index contributed by atoms with van der Waals surface area (Å²) < 4.78 is 52.3. The van der Waals surface area contributed by atoms with Crippen LogP contribution in [0.25, 0.3) is 0 Å². The van der Waals surface area contributed by atoms with E-state index in [0.717, 1.165) is 57.9 Å². The molecule has 122 heavy (non-hydrogen) atoms. The Balaban J connectivity index is 1.31. The van der Waals surface area contributed by atoms with E-state index < -0.39 is 135 Å². The van der Waals surface area contributed by atoms with Crippen LogP contribution in [0.4, 0.5) is 0 Å². The van der Waals surface area contributed by atoms with Crippen LogP contribution in [0.3, 0.4) is 0 Å². The molecule has 0 radical (unpaired) electrons. The molecular weight excluding hydrogens is 1620 g/mol. The summed E-state index contributed by atoms with van der Waals surface area (Å²) in [6.45, 7) is 9.79. The first-order valence-corrected chi connectivity index (χ1v) is 44.1. The maximum Gasteiger partial charge on any atom is 0.222 e. The van der Waals surface area contributed by atoms with Gasteiger partial charge in [0.05, 0.1) is 59.5 Å². The fourth-order valence-corrected chi connectivity index (χ4v) is 14.7. The van der Waals surface area contributed by atoms with Crippen LogP contribution in [0.2, 0.25) is 0 Å². The normalized spacial score (nSPS) is 25.2. The molecule has 40 nitrogen and oxygen atoms in total. The molecule has 4 aliphatic rings. The smallest absolute Gasteiger partial charge is 0.222 e. The Labute approximate surface area is 718 Å². The Kier molecular flexibility index (Phi) is 53.7. The van der Waals surface area contributed by atoms with Gasteiger partial charge in [0.25, 0.3) is 0 Å². The molecule has 4 rings (SSSR count). The third-order valence-corrected chi connectivity index (χ3v) is 21.5. The van der Waals surface area contributed by atoms with Gasteiger partial charge in [-0.3, -0.25) is 52.7 Å². The van der Waals surface area contributed by atoms with Gasteiger partial charge in [0.15, 0.2) is 18.9 Å². The maximum atomic E-state index is 14.1. The third kappa shape index (κ3) is 43.9. The van der Waals surface area contributed by atoms with Crippen molar-refractivity contribution >= 4 is 74.2 Å². The Bertz CT molecular complexity index is 2840. The average molecular weight is 1770 g/mol. The molecule has 0 spiro atoms. The summed E-state index contributed by atoms with van der Waals surface area (Å²) in [7, 11) is 2.89. The molecule has 0 aromatic heterocycles. The van der Waals surface area contributed by atoms with Gasteiger partial charge in [-0.1, -0.05) is 46.5 Å². The molecule has 0 aromatic rings. The zero-order valence-corrected chi connectivity index (χ0v) is 73.5. The van der Waals surface area contributed by atoms with Crippen LogP contribution < -0.4 is 53.2 Å². The van der Waals surface area contributed by atoms with Crippen LogP contribution in [-0.2, 0) is 95.4 Å². The molecule has 0 aliphatic carbocycles. The second-order valence-corrected chi connectivity index (χ2v) is 34.0. The lowest BCUT2D eigenvalue weighted by Crippen LogP contribution is -2.64. The van der Waals surface area contributed by atoms with Gasteiger partial charge in [0.1, 0.15) is 78.6 Å². The summed E-state index contributed by atoms with van der Waals surface area (Å²) in [5, 5.41) is 119. The number of likely N-dealkylation sites (tertiary alicyclic amines) is 1. The maximum absolute atomic E-state index is 14.1. The van der Waals surface area contributed by atoms with Crippen LogP contribution in [0.15, 0.2) is 0 Å². The number of unbranched alkanes of at least 4 members (excludes halogenated alkanes) is 8. The highest BCUT2D eigenvalue weighted by atomic mass is 31.0. The van der Waals surface area contributed by atoms with Gasteiger partial charge in [-0.15, -0.1) is 9.24 Å². The van der Waals surface area contributed by atoms with Gasteiger partial charge >= 0.3 is 0 Å². The predicted octanol–water partition coefficient (Wildman–Crippen LogP) is -2.89. The zero-order chi connectivity index (χ0) is 90.0. The van der Waals surface area contributed by atoms with E-state index in [1.165, 1.54) is 20.8 Å². The number of aliphatic hydroxyl groups is 9. The van der Waals surface area contributed by atoms with Crippen molar-refractivity contribution in [1.82, 2.24) is 58.1 Å². The Morgan fingerprint density at radius 3 is 0.992 bits per heavy atom. The molecule has 11 amide bonds. The first kappa shape index (κ1) is 108. The van der Waals surface area contributed by atoms with E-state index in [2.05, 4.69) is 88.1 Å². The first-order valence-electron chi connectivity index (χ1n) is 43.4. The summed E-state index contributed by atoms with van der Waals surface area (Å²) in [6.07, 6.45) is -3.83. The zero-order valence-electron chi connectivity index (χ0n) is 72.3. The van der Waals surface area contributed by atoms with Crippen molar-refractivity contribution in [2.45, 2.75) is 318 Å². The van der Waals surface area contributed by atoms with Crippen molar-refractivity contribution in [3.8, 4) is 0 Å². The van der Waals surface area contributed by atoms with E-state index in [1.54, 1.807) is 0 Å². The molecule has 41 heteroatoms. The lowest BCUT2D eigenvalue weighted by Gasteiger charge is -2.42. The number of hydrogen-bond donors (Lipinski definition) is 19. The molecule has 4 fully saturated rings. The number of rotatable bonds is 63. The minimum Gasteiger partial charge on any atom is -0.394 e. The van der Waals surface area contributed by atoms with Gasteiger partial charge in [0, 0.05) is 144 Å². The number of hydrogen-bond acceptors (Lipinski definition) is 29. The van der Waals surface area contributed by atoms with Gasteiger partial charge in [-0.05, 0) is 101 Å². The number of aliphatic hydroxyl groups excluding tert-OH is 9. The number of nitrogens with zero attached hydrogens (tertiary/aromatic N) is 1. The van der Waals surface area contributed by atoms with Crippen molar-refractivity contribution < 1.29 is 141 Å². The van der Waals surface area contributed by atoms with Crippen molar-refractivity contribution in [2.24, 2.45) is 5.41 Å². The van der Waals surface area contributed by atoms with Gasteiger partial charge < -0.3 is 147 Å². The van der Waals surface area contributed by atoms with E-state index >= 15 is 0 Å². The Morgan fingerprint density at radius 1 is 0.385 bits per heavy atom. The van der Waals surface area contributed by atoms with Gasteiger partial charge in [0.2, 0.25) is 65.0 Å². The van der Waals surface area contributed by atoms with Crippen LogP contribution in [0.5, 0.6) is 0 Å². The highest BCUT2D eigenvalue weighted by molar-refractivity contribution is 7.17. The minimum absolute atomic E-state index is 0.0773. The molecule has 17 unspecified atom stereocenters. The van der Waals surface area contributed by atoms with Crippen molar-refractivity contribution in [2.75, 3.05) is 125 Å². The number of carbonyl (C=O) groups excluding carboxylic acids is 11. The van der Waals surface area contributed by atoms with E-state index in [4.69, 9.17) is 42.6 Å². The molecule has 18 atom stereocenters. The molecule has 4 saturated heterocycles. The standard InChI is InChI=1S/C81H146N11O29P/c1-52(96)88-68-74(110)71(107)57(46-93)119-77(68)116-38-16-13-22-60(99)82-32-19-35-85-63(102)28-41-113-49-81(91-66(105)25-11-9-7-8-10-12-26-67(106)92-45-56(122)44-55(92)27-31-80(4,5)6,50-114-42-29-64(103)86-36-20-33-83-61(100)23-14-17-39-117-78-69(89-53(2)97)75(111)72(108)58(47-94)120-78)51-115-43-30-65(104)87-37-21-34-84-62(101)24-15-18-40-118-79-70(90-54(3)98)76(112)73(109)59(48-95)121-79/h55-59,68-79,93-95,107-112H,7-51,122H2,1-6H3,(H,82,99)(H,83,100)(H,84,101)(H,85,102)(H,86,103)(H,87,104)(H,88,96)(H,89,97)(H,90,98)(H,91,105)/t55-,56?,57?,58?,59?,68?,69?,70?,71?,72?,73?,74?,75?,76?,77?,78?,79?,81?/m1/s1. The van der Waals surface area contributed by atoms with Crippen LogP contribution in [0, 0.1) is 5.41 Å². The summed E-state index contributed by atoms with van der Waals surface area (Å²) >= 11 is 0. The topological polar surface area (TPSA) is 576 Å². The highest BCUT2D eigenvalue weighted by Gasteiger charge is 2.48. The van der Waals surface area contributed by atoms with E-state index in [0.29, 0.717) is 76.3 Å². The second kappa shape index (κ2) is 60.5. The fraction of sp³-hybridized carbons (Fsp3) is 0.864. The number of amides is 11. The lowest BCUT2D eigenvalue weighted by atomic mass is 9.88. The second-order valence-electron chi connectivity index (χ2n) is 33.1. The molecule has 0 aromatic carbocycles. The largest absolute Gasteiger partial charge is 0.394 e. The first-order chi connectivity index (χ1) is 58.2. The molecule has 704 valence electrons. The van der Waals surface area contributed by atoms with Gasteiger partial charge in [-0.2, -0.15) is 0 Å². The molecule has 4 heterocycles. The monoisotopic (exact) mass is 1770 g/mol. The lowest BCUT2D eigenvalue weighted by molar-refractivity contribution is -0.270. The van der Waals surface area contributed by atoms with E-state index in [-0.39, 0.29) is 202 Å². The Hall–Kier alpha value is -6.12. The van der Waals surface area contributed by atoms with E-state index in [1.807, 2.05) is 0 Å². The van der Waals surface area contributed by atoms with Crippen molar-refractivity contribution in [3.05, 3.63) is 0 Å². The van der Waals surface area contributed by atoms with Crippen LogP contribution >= 0.6 is 9.24 Å². The predicted molar refractivity (Wildman–Crippen MR) is 444 cm³/mol. The van der Waals surface area contributed by atoms with Crippen molar-refractivity contribution in [3.63, 3.8) is 0 Å². The summed E-state index contributed by atoms with van der Waals surface area (Å²) in [4.78, 5) is 142. The van der Waals surface area contributed by atoms with E-state index in [9.17, 15) is 98.7 Å². The number of nitrogens with one attached hydrogen (secondary N) is 10. The minimum atomic E-state index is -1.46. The Morgan fingerprint density at radius 2 is 0.680 bits per heavy atom. The van der Waals surface area contributed by atoms with Crippen LogP contribution in [0.1, 0.15) is 208 Å². The van der Waals surface area contributed by atoms with Crippen LogP contribution in [-0.4, -0.2) is 350 Å². The quantitative estimate of drug-likeness (QED) is 0.0215. The summed E-state index contributed by atoms with van der Waals surface area (Å²) in [5.74, 6) is -3.50. The van der Waals surface area contributed by atoms with Crippen molar-refractivity contribution in [1.29, 1.82) is 0 Å². The molecule has 0 saturated carbocycles. The molecule has 19 N–H and O–H groups in total. The molecular formula is C81H146N11O29P. The average Bonchev–Trinajstić information content (AvgIpc) is 0.905. The molecule has 0 bridgehead atoms. The third-order valence-electron chi connectivity index (χ3n) is 21.0.